The van der Waals surface area contributed by atoms with Crippen LogP contribution < -0.4 is 10.7 Å². The predicted octanol–water partition coefficient (Wildman–Crippen LogP) is 1.69. The zero-order valence-electron chi connectivity index (χ0n) is 17.6. The summed E-state index contributed by atoms with van der Waals surface area (Å²) in [4.78, 5) is 39.9. The fourth-order valence-electron chi connectivity index (χ4n) is 4.37. The topological polar surface area (TPSA) is 112 Å². The largest absolute Gasteiger partial charge is 0.503 e. The normalized spacial score (nSPS) is 24.7. The molecule has 1 fully saturated rings. The number of hydrogen-bond donors (Lipinski definition) is 3. The zero-order chi connectivity index (χ0) is 23.4. The van der Waals surface area contributed by atoms with Gasteiger partial charge in [0.25, 0.3) is 11.8 Å². The Labute approximate surface area is 182 Å². The number of carbonyl (C=O) groups excluding carboxylic acids is 2. The van der Waals surface area contributed by atoms with Gasteiger partial charge < -0.3 is 25.0 Å². The molecular weight excluding hydrogens is 424 g/mol. The number of rotatable bonds is 3. The van der Waals surface area contributed by atoms with E-state index in [9.17, 15) is 33.4 Å². The Hall–Kier alpha value is -3.27. The second-order valence-corrected chi connectivity index (χ2v) is 8.61. The summed E-state index contributed by atoms with van der Waals surface area (Å²) in [6.45, 7) is 3.28. The predicted molar refractivity (Wildman–Crippen MR) is 109 cm³/mol. The van der Waals surface area contributed by atoms with Crippen molar-refractivity contribution in [3.8, 4) is 5.75 Å². The zero-order valence-corrected chi connectivity index (χ0v) is 17.6. The maximum atomic E-state index is 13.8. The maximum absolute atomic E-state index is 13.8. The molecule has 2 aromatic rings. The summed E-state index contributed by atoms with van der Waals surface area (Å²) < 4.78 is 28.2. The van der Waals surface area contributed by atoms with E-state index in [0.717, 1.165) is 12.3 Å². The van der Waals surface area contributed by atoms with E-state index >= 15 is 0 Å². The number of pyridine rings is 1. The average molecular weight is 447 g/mol. The molecule has 1 aromatic heterocycles. The van der Waals surface area contributed by atoms with Gasteiger partial charge in [-0.25, -0.2) is 8.78 Å². The van der Waals surface area contributed by atoms with Crippen LogP contribution in [0.5, 0.6) is 5.75 Å². The first-order valence-corrected chi connectivity index (χ1v) is 10.2. The van der Waals surface area contributed by atoms with E-state index in [-0.39, 0.29) is 30.4 Å². The molecule has 2 bridgehead atoms. The van der Waals surface area contributed by atoms with Crippen LogP contribution in [0.4, 0.5) is 8.78 Å². The maximum Gasteiger partial charge on any atom is 0.274 e. The minimum atomic E-state index is -1.26. The van der Waals surface area contributed by atoms with Crippen molar-refractivity contribution >= 4 is 11.8 Å². The van der Waals surface area contributed by atoms with Crippen LogP contribution in [0.3, 0.4) is 0 Å². The minimum absolute atomic E-state index is 0.00791. The lowest BCUT2D eigenvalue weighted by molar-refractivity contribution is -0.00840. The SMILES string of the molecule is C[C@H]1CC[C@@](C)(O)[C@H]2CN1C(=O)c1c(O)c(=O)c(C(=O)NCc3ccc(F)cc3F)cn12. The van der Waals surface area contributed by atoms with E-state index in [1.165, 1.54) is 15.5 Å². The lowest BCUT2D eigenvalue weighted by Gasteiger charge is -2.41. The average Bonchev–Trinajstić information content (AvgIpc) is 2.83. The minimum Gasteiger partial charge on any atom is -0.503 e. The summed E-state index contributed by atoms with van der Waals surface area (Å²) in [5, 5.41) is 24.0. The number of aromatic nitrogens is 1. The van der Waals surface area contributed by atoms with Crippen LogP contribution in [0.1, 0.15) is 59.1 Å². The third-order valence-corrected chi connectivity index (χ3v) is 6.40. The molecule has 1 aromatic carbocycles. The van der Waals surface area contributed by atoms with E-state index in [1.807, 2.05) is 6.92 Å². The van der Waals surface area contributed by atoms with Gasteiger partial charge >= 0.3 is 0 Å². The fraction of sp³-hybridized carbons (Fsp3) is 0.409. The molecule has 2 aliphatic heterocycles. The molecule has 2 aliphatic rings. The van der Waals surface area contributed by atoms with Crippen molar-refractivity contribution in [1.29, 1.82) is 0 Å². The van der Waals surface area contributed by atoms with Crippen LogP contribution in [-0.2, 0) is 6.54 Å². The Morgan fingerprint density at radius 3 is 2.72 bits per heavy atom. The Bertz CT molecular complexity index is 1180. The van der Waals surface area contributed by atoms with Gasteiger partial charge in [0, 0.05) is 37.0 Å². The lowest BCUT2D eigenvalue weighted by atomic mass is 9.90. The number of aliphatic hydroxyl groups is 1. The number of nitrogens with one attached hydrogen (secondary N) is 1. The van der Waals surface area contributed by atoms with Gasteiger partial charge in [0.1, 0.15) is 17.2 Å². The summed E-state index contributed by atoms with van der Waals surface area (Å²) in [6, 6.07) is 1.99. The summed E-state index contributed by atoms with van der Waals surface area (Å²) in [7, 11) is 0. The van der Waals surface area contributed by atoms with E-state index in [0.29, 0.717) is 18.9 Å². The van der Waals surface area contributed by atoms with Crippen molar-refractivity contribution in [2.45, 2.75) is 50.9 Å². The molecule has 0 saturated carbocycles. The van der Waals surface area contributed by atoms with Gasteiger partial charge in [-0.3, -0.25) is 14.4 Å². The quantitative estimate of drug-likeness (QED) is 0.663. The molecule has 2 amide bonds. The Kier molecular flexibility index (Phi) is 5.28. The molecular formula is C22H23F2N3O5. The van der Waals surface area contributed by atoms with Crippen molar-refractivity contribution < 1.29 is 28.6 Å². The molecule has 3 N–H and O–H groups in total. The van der Waals surface area contributed by atoms with Crippen LogP contribution in [0.15, 0.2) is 29.2 Å². The van der Waals surface area contributed by atoms with Crippen molar-refractivity contribution in [3.05, 3.63) is 63.1 Å². The number of amides is 2. The van der Waals surface area contributed by atoms with Gasteiger partial charge in [-0.15, -0.1) is 0 Å². The van der Waals surface area contributed by atoms with E-state index in [4.69, 9.17) is 0 Å². The van der Waals surface area contributed by atoms with Crippen LogP contribution in [0.25, 0.3) is 0 Å². The fourth-order valence-corrected chi connectivity index (χ4v) is 4.37. The van der Waals surface area contributed by atoms with Gasteiger partial charge in [0.2, 0.25) is 5.43 Å². The first-order valence-electron chi connectivity index (χ1n) is 10.2. The van der Waals surface area contributed by atoms with Gasteiger partial charge in [0.15, 0.2) is 11.4 Å². The summed E-state index contributed by atoms with van der Waals surface area (Å²) >= 11 is 0. The molecule has 4 rings (SSSR count). The van der Waals surface area contributed by atoms with E-state index in [2.05, 4.69) is 5.32 Å². The first-order chi connectivity index (χ1) is 15.0. The van der Waals surface area contributed by atoms with Gasteiger partial charge in [0.05, 0.1) is 11.6 Å². The number of nitrogens with zero attached hydrogens (tertiary/aromatic N) is 2. The number of carbonyl (C=O) groups is 2. The second-order valence-electron chi connectivity index (χ2n) is 8.61. The smallest absolute Gasteiger partial charge is 0.274 e. The molecule has 10 heteroatoms. The Morgan fingerprint density at radius 1 is 1.31 bits per heavy atom. The number of benzene rings is 1. The molecule has 0 unspecified atom stereocenters. The molecule has 0 aliphatic carbocycles. The van der Waals surface area contributed by atoms with Crippen molar-refractivity contribution in [1.82, 2.24) is 14.8 Å². The van der Waals surface area contributed by atoms with Crippen LogP contribution in [-0.4, -0.2) is 49.7 Å². The number of fused-ring (bicyclic) bond motifs is 4. The summed E-state index contributed by atoms with van der Waals surface area (Å²) in [6.07, 6.45) is 2.06. The van der Waals surface area contributed by atoms with Crippen molar-refractivity contribution in [2.24, 2.45) is 0 Å². The molecule has 1 saturated heterocycles. The number of hydrogen-bond acceptors (Lipinski definition) is 5. The molecule has 3 heterocycles. The molecule has 32 heavy (non-hydrogen) atoms. The standard InChI is InChI=1S/C22H23F2N3O5/c1-11-5-6-22(2,32)16-10-26(11)21(31)17-19(29)18(28)14(9-27(16)17)20(30)25-8-12-3-4-13(23)7-15(12)24/h3-4,7,9,11,16,29,32H,5-6,8,10H2,1-2H3,(H,25,30)/t11-,16+,22+/m0/s1. The Balaban J connectivity index is 1.73. The second kappa shape index (κ2) is 7.70. The third-order valence-electron chi connectivity index (χ3n) is 6.40. The molecule has 0 spiro atoms. The van der Waals surface area contributed by atoms with Crippen LogP contribution in [0, 0.1) is 11.6 Å². The highest BCUT2D eigenvalue weighted by Crippen LogP contribution is 2.39. The number of halogens is 2. The highest BCUT2D eigenvalue weighted by atomic mass is 19.1. The lowest BCUT2D eigenvalue weighted by Crippen LogP contribution is -2.51. The highest BCUT2D eigenvalue weighted by Gasteiger charge is 2.46. The van der Waals surface area contributed by atoms with Crippen molar-refractivity contribution in [2.75, 3.05) is 6.54 Å². The summed E-state index contributed by atoms with van der Waals surface area (Å²) in [5.74, 6) is -3.96. The molecule has 170 valence electrons. The van der Waals surface area contributed by atoms with Crippen molar-refractivity contribution in [3.63, 3.8) is 0 Å². The monoisotopic (exact) mass is 447 g/mol. The Morgan fingerprint density at radius 2 is 2.03 bits per heavy atom. The first kappa shape index (κ1) is 21.9. The van der Waals surface area contributed by atoms with Gasteiger partial charge in [-0.05, 0) is 32.8 Å². The number of aromatic hydroxyl groups is 1. The molecule has 8 nitrogen and oxygen atoms in total. The van der Waals surface area contributed by atoms with Gasteiger partial charge in [-0.2, -0.15) is 0 Å². The van der Waals surface area contributed by atoms with Crippen LogP contribution >= 0.6 is 0 Å². The highest BCUT2D eigenvalue weighted by molar-refractivity contribution is 5.99. The van der Waals surface area contributed by atoms with Gasteiger partial charge in [-0.1, -0.05) is 6.07 Å². The summed E-state index contributed by atoms with van der Waals surface area (Å²) in [5.41, 5.74) is -3.03. The van der Waals surface area contributed by atoms with E-state index in [1.54, 1.807) is 6.92 Å². The molecule has 0 radical (unpaired) electrons. The van der Waals surface area contributed by atoms with Crippen LogP contribution in [0.2, 0.25) is 0 Å². The van der Waals surface area contributed by atoms with E-state index < -0.39 is 51.8 Å². The third kappa shape index (κ3) is 3.54. The molecule has 3 atom stereocenters.